The summed E-state index contributed by atoms with van der Waals surface area (Å²) in [5.41, 5.74) is 0. The number of amides is 2. The number of hydrogen-bond donors (Lipinski definition) is 2. The van der Waals surface area contributed by atoms with Crippen LogP contribution in [-0.4, -0.2) is 37.0 Å². The summed E-state index contributed by atoms with van der Waals surface area (Å²) in [7, 11) is 1.28. The molecule has 1 aliphatic heterocycles. The van der Waals surface area contributed by atoms with Crippen LogP contribution in [0.4, 0.5) is 0 Å². The van der Waals surface area contributed by atoms with Crippen molar-refractivity contribution in [3.8, 4) is 0 Å². The van der Waals surface area contributed by atoms with Gasteiger partial charge in [-0.3, -0.25) is 9.59 Å². The summed E-state index contributed by atoms with van der Waals surface area (Å²) < 4.78 is 4.62. The van der Waals surface area contributed by atoms with Crippen molar-refractivity contribution >= 4 is 17.8 Å². The molecule has 0 saturated carbocycles. The second kappa shape index (κ2) is 5.65. The molecular weight excluding hydrogens is 224 g/mol. The number of carbonyl (C=O) groups excluding carboxylic acids is 3. The van der Waals surface area contributed by atoms with Crippen molar-refractivity contribution in [2.75, 3.05) is 7.11 Å². The van der Waals surface area contributed by atoms with Crippen LogP contribution in [0.15, 0.2) is 0 Å². The predicted molar refractivity (Wildman–Crippen MR) is 59.9 cm³/mol. The van der Waals surface area contributed by atoms with Gasteiger partial charge in [-0.15, -0.1) is 0 Å². The molecule has 0 spiro atoms. The van der Waals surface area contributed by atoms with E-state index in [9.17, 15) is 14.4 Å². The third-order valence-corrected chi connectivity index (χ3v) is 2.73. The topological polar surface area (TPSA) is 84.5 Å². The van der Waals surface area contributed by atoms with Gasteiger partial charge in [0.05, 0.1) is 7.11 Å². The van der Waals surface area contributed by atoms with E-state index >= 15 is 0 Å². The third-order valence-electron chi connectivity index (χ3n) is 2.73. The van der Waals surface area contributed by atoms with E-state index in [1.165, 1.54) is 7.11 Å². The van der Waals surface area contributed by atoms with Gasteiger partial charge in [0.2, 0.25) is 11.8 Å². The quantitative estimate of drug-likeness (QED) is 0.656. The maximum atomic E-state index is 11.8. The molecule has 0 aromatic carbocycles. The van der Waals surface area contributed by atoms with Crippen LogP contribution in [0.5, 0.6) is 0 Å². The fraction of sp³-hybridized carbons (Fsp3) is 0.727. The van der Waals surface area contributed by atoms with E-state index in [-0.39, 0.29) is 17.7 Å². The summed E-state index contributed by atoms with van der Waals surface area (Å²) in [5.74, 6) is -1.01. The van der Waals surface area contributed by atoms with Crippen molar-refractivity contribution in [3.63, 3.8) is 0 Å². The molecule has 0 bridgehead atoms. The highest BCUT2D eigenvalue weighted by Gasteiger charge is 2.31. The van der Waals surface area contributed by atoms with E-state index in [2.05, 4.69) is 15.4 Å². The molecular formula is C11H18N2O4. The van der Waals surface area contributed by atoms with E-state index in [1.54, 1.807) is 0 Å². The largest absolute Gasteiger partial charge is 0.467 e. The summed E-state index contributed by atoms with van der Waals surface area (Å²) >= 11 is 0. The van der Waals surface area contributed by atoms with E-state index < -0.39 is 18.1 Å². The van der Waals surface area contributed by atoms with Gasteiger partial charge < -0.3 is 15.4 Å². The van der Waals surface area contributed by atoms with Crippen molar-refractivity contribution in [2.45, 2.75) is 38.8 Å². The van der Waals surface area contributed by atoms with Gasteiger partial charge in [-0.25, -0.2) is 4.79 Å². The van der Waals surface area contributed by atoms with Gasteiger partial charge in [0.25, 0.3) is 0 Å². The van der Waals surface area contributed by atoms with Crippen LogP contribution < -0.4 is 10.6 Å². The van der Waals surface area contributed by atoms with Gasteiger partial charge in [-0.2, -0.15) is 0 Å². The average molecular weight is 242 g/mol. The van der Waals surface area contributed by atoms with Gasteiger partial charge in [-0.05, 0) is 12.3 Å². The zero-order valence-corrected chi connectivity index (χ0v) is 10.3. The van der Waals surface area contributed by atoms with Crippen LogP contribution in [0.3, 0.4) is 0 Å². The molecule has 0 aromatic rings. The molecule has 17 heavy (non-hydrogen) atoms. The molecule has 0 unspecified atom stereocenters. The standard InChI is InChI=1S/C11H18N2O4/c1-6(2)9(11(16)17-3)13-10(15)7-4-5-8(14)12-7/h6-7,9H,4-5H2,1-3H3,(H,12,14)(H,13,15)/t7-,9-/m0/s1. The SMILES string of the molecule is COC(=O)[C@@H](NC(=O)[C@@H]1CCC(=O)N1)C(C)C. The van der Waals surface area contributed by atoms with Crippen LogP contribution >= 0.6 is 0 Å². The Hall–Kier alpha value is -1.59. The second-order valence-electron chi connectivity index (χ2n) is 4.41. The van der Waals surface area contributed by atoms with Crippen LogP contribution in [0.25, 0.3) is 0 Å². The number of hydrogen-bond acceptors (Lipinski definition) is 4. The van der Waals surface area contributed by atoms with Crippen LogP contribution in [0.1, 0.15) is 26.7 Å². The number of methoxy groups -OCH3 is 1. The highest BCUT2D eigenvalue weighted by Crippen LogP contribution is 2.09. The van der Waals surface area contributed by atoms with Crippen LogP contribution in [0, 0.1) is 5.92 Å². The summed E-state index contributed by atoms with van der Waals surface area (Å²) in [6.45, 7) is 3.63. The normalized spacial score (nSPS) is 20.9. The lowest BCUT2D eigenvalue weighted by atomic mass is 10.0. The van der Waals surface area contributed by atoms with Crippen molar-refractivity contribution in [1.82, 2.24) is 10.6 Å². The van der Waals surface area contributed by atoms with E-state index in [0.29, 0.717) is 12.8 Å². The summed E-state index contributed by atoms with van der Waals surface area (Å²) in [6, 6.07) is -1.21. The van der Waals surface area contributed by atoms with Crippen molar-refractivity contribution < 1.29 is 19.1 Å². The molecule has 0 radical (unpaired) electrons. The Morgan fingerprint density at radius 2 is 2.12 bits per heavy atom. The fourth-order valence-corrected chi connectivity index (χ4v) is 1.69. The Morgan fingerprint density at radius 3 is 2.53 bits per heavy atom. The van der Waals surface area contributed by atoms with Crippen molar-refractivity contribution in [2.24, 2.45) is 5.92 Å². The molecule has 2 amide bonds. The number of rotatable bonds is 4. The molecule has 1 rings (SSSR count). The lowest BCUT2D eigenvalue weighted by Gasteiger charge is -2.21. The molecule has 2 N–H and O–H groups in total. The van der Waals surface area contributed by atoms with Gasteiger partial charge >= 0.3 is 5.97 Å². The molecule has 0 aromatic heterocycles. The Bertz CT molecular complexity index is 327. The molecule has 6 heteroatoms. The lowest BCUT2D eigenvalue weighted by Crippen LogP contribution is -2.51. The highest BCUT2D eigenvalue weighted by atomic mass is 16.5. The molecule has 1 aliphatic rings. The maximum Gasteiger partial charge on any atom is 0.328 e. The molecule has 0 aliphatic carbocycles. The first-order valence-corrected chi connectivity index (χ1v) is 5.63. The van der Waals surface area contributed by atoms with E-state index in [4.69, 9.17) is 0 Å². The summed E-state index contributed by atoms with van der Waals surface area (Å²) in [4.78, 5) is 34.2. The predicted octanol–water partition coefficient (Wildman–Crippen LogP) is -0.421. The molecule has 1 fully saturated rings. The minimum Gasteiger partial charge on any atom is -0.467 e. The van der Waals surface area contributed by atoms with Gasteiger partial charge in [0, 0.05) is 6.42 Å². The molecule has 6 nitrogen and oxygen atoms in total. The third kappa shape index (κ3) is 3.44. The smallest absolute Gasteiger partial charge is 0.328 e. The second-order valence-corrected chi connectivity index (χ2v) is 4.41. The number of nitrogens with one attached hydrogen (secondary N) is 2. The Balaban J connectivity index is 2.58. The zero-order valence-electron chi connectivity index (χ0n) is 10.3. The first-order chi connectivity index (χ1) is 7.95. The Morgan fingerprint density at radius 1 is 1.47 bits per heavy atom. The van der Waals surface area contributed by atoms with Crippen molar-refractivity contribution in [1.29, 1.82) is 0 Å². The van der Waals surface area contributed by atoms with E-state index in [0.717, 1.165) is 0 Å². The van der Waals surface area contributed by atoms with Crippen molar-refractivity contribution in [3.05, 3.63) is 0 Å². The number of carbonyl (C=O) groups is 3. The fourth-order valence-electron chi connectivity index (χ4n) is 1.69. The van der Waals surface area contributed by atoms with E-state index in [1.807, 2.05) is 13.8 Å². The van der Waals surface area contributed by atoms with Crippen LogP contribution in [0.2, 0.25) is 0 Å². The minimum atomic E-state index is -0.676. The zero-order chi connectivity index (χ0) is 13.0. The van der Waals surface area contributed by atoms with Gasteiger partial charge in [-0.1, -0.05) is 13.8 Å². The minimum absolute atomic E-state index is 0.0662. The molecule has 2 atom stereocenters. The highest BCUT2D eigenvalue weighted by molar-refractivity contribution is 5.93. The lowest BCUT2D eigenvalue weighted by molar-refractivity contribution is -0.146. The first-order valence-electron chi connectivity index (χ1n) is 5.63. The summed E-state index contributed by atoms with van der Waals surface area (Å²) in [5, 5.41) is 5.15. The summed E-state index contributed by atoms with van der Waals surface area (Å²) in [6.07, 6.45) is 0.819. The van der Waals surface area contributed by atoms with Crippen LogP contribution in [-0.2, 0) is 19.1 Å². The Labute approximate surface area is 100 Å². The maximum absolute atomic E-state index is 11.8. The van der Waals surface area contributed by atoms with Gasteiger partial charge in [0.1, 0.15) is 12.1 Å². The number of esters is 1. The average Bonchev–Trinajstić information content (AvgIpc) is 2.71. The number of ether oxygens (including phenoxy) is 1. The Kier molecular flexibility index (Phi) is 4.48. The molecule has 96 valence electrons. The monoisotopic (exact) mass is 242 g/mol. The van der Waals surface area contributed by atoms with Gasteiger partial charge in [0.15, 0.2) is 0 Å². The molecule has 1 heterocycles. The molecule has 1 saturated heterocycles. The first kappa shape index (κ1) is 13.5.